The lowest BCUT2D eigenvalue weighted by Crippen LogP contribution is -2.27. The standard InChI is InChI=1S/C23H29N5O/c24-17-11-12-28(14-17)19-8-6-18(7-9-19)26-23-25-13-16-5-10-20(29)21(22(16)27-23)15-3-1-2-4-15/h6-9,13,15,17,21H,1-5,10-12,14,24H2,(H,25,26,27). The average Bonchev–Trinajstić information content (AvgIpc) is 3.40. The Hall–Kier alpha value is -2.47. The number of rotatable bonds is 4. The number of hydrogen-bond donors (Lipinski definition) is 2. The van der Waals surface area contributed by atoms with Gasteiger partial charge in [-0.25, -0.2) is 9.97 Å². The summed E-state index contributed by atoms with van der Waals surface area (Å²) in [5.41, 5.74) is 10.3. The molecule has 1 aromatic carbocycles. The van der Waals surface area contributed by atoms with E-state index in [4.69, 9.17) is 10.7 Å². The van der Waals surface area contributed by atoms with Gasteiger partial charge in [-0.3, -0.25) is 4.79 Å². The van der Waals surface area contributed by atoms with Crippen molar-refractivity contribution in [2.45, 2.75) is 56.9 Å². The highest BCUT2D eigenvalue weighted by atomic mass is 16.1. The number of Topliss-reactive ketones (excluding diaryl/α,β-unsaturated/α-hetero) is 1. The lowest BCUT2D eigenvalue weighted by Gasteiger charge is -2.28. The summed E-state index contributed by atoms with van der Waals surface area (Å²) in [6.07, 6.45) is 9.11. The van der Waals surface area contributed by atoms with Crippen molar-refractivity contribution in [3.63, 3.8) is 0 Å². The van der Waals surface area contributed by atoms with Crippen LogP contribution in [0.5, 0.6) is 0 Å². The zero-order valence-corrected chi connectivity index (χ0v) is 16.8. The van der Waals surface area contributed by atoms with Gasteiger partial charge < -0.3 is 16.0 Å². The molecule has 2 unspecified atom stereocenters. The van der Waals surface area contributed by atoms with Gasteiger partial charge in [0.15, 0.2) is 0 Å². The van der Waals surface area contributed by atoms with Crippen LogP contribution < -0.4 is 16.0 Å². The van der Waals surface area contributed by atoms with Gasteiger partial charge in [-0.15, -0.1) is 0 Å². The van der Waals surface area contributed by atoms with Crippen LogP contribution in [0.15, 0.2) is 30.5 Å². The maximum Gasteiger partial charge on any atom is 0.227 e. The molecule has 0 amide bonds. The fourth-order valence-electron chi connectivity index (χ4n) is 5.19. The molecule has 0 bridgehead atoms. The summed E-state index contributed by atoms with van der Waals surface area (Å²) in [5, 5.41) is 3.33. The van der Waals surface area contributed by atoms with E-state index < -0.39 is 0 Å². The summed E-state index contributed by atoms with van der Waals surface area (Å²) in [4.78, 5) is 24.4. The number of nitrogens with two attached hydrogens (primary N) is 1. The number of benzene rings is 1. The molecule has 1 saturated carbocycles. The van der Waals surface area contributed by atoms with Crippen LogP contribution in [0.2, 0.25) is 0 Å². The lowest BCUT2D eigenvalue weighted by molar-refractivity contribution is -0.122. The molecule has 152 valence electrons. The summed E-state index contributed by atoms with van der Waals surface area (Å²) in [6, 6.07) is 8.61. The highest BCUT2D eigenvalue weighted by Gasteiger charge is 2.37. The monoisotopic (exact) mass is 391 g/mol. The van der Waals surface area contributed by atoms with Gasteiger partial charge in [0.05, 0.1) is 11.6 Å². The van der Waals surface area contributed by atoms with Crippen molar-refractivity contribution in [1.82, 2.24) is 9.97 Å². The van der Waals surface area contributed by atoms with Crippen LogP contribution >= 0.6 is 0 Å². The number of nitrogens with one attached hydrogen (secondary N) is 1. The van der Waals surface area contributed by atoms with Crippen LogP contribution in [-0.2, 0) is 11.2 Å². The van der Waals surface area contributed by atoms with Crippen molar-refractivity contribution >= 4 is 23.1 Å². The first-order valence-electron chi connectivity index (χ1n) is 10.9. The van der Waals surface area contributed by atoms with Gasteiger partial charge in [-0.1, -0.05) is 12.8 Å². The van der Waals surface area contributed by atoms with Crippen molar-refractivity contribution in [2.75, 3.05) is 23.3 Å². The number of nitrogens with zero attached hydrogens (tertiary/aromatic N) is 3. The molecule has 1 aliphatic heterocycles. The maximum atomic E-state index is 12.7. The fraction of sp³-hybridized carbons (Fsp3) is 0.522. The number of aryl methyl sites for hydroxylation is 1. The summed E-state index contributed by atoms with van der Waals surface area (Å²) < 4.78 is 0. The van der Waals surface area contributed by atoms with E-state index in [1.807, 2.05) is 6.20 Å². The minimum atomic E-state index is -0.0356. The second-order valence-corrected chi connectivity index (χ2v) is 8.76. The molecule has 2 heterocycles. The average molecular weight is 392 g/mol. The first-order chi connectivity index (χ1) is 14.2. The van der Waals surface area contributed by atoms with E-state index in [1.54, 1.807) is 0 Å². The number of carbonyl (C=O) groups is 1. The molecule has 3 N–H and O–H groups in total. The fourth-order valence-corrected chi connectivity index (χ4v) is 5.19. The number of ketones is 1. The van der Waals surface area contributed by atoms with E-state index in [1.165, 1.54) is 18.5 Å². The highest BCUT2D eigenvalue weighted by Crippen LogP contribution is 2.41. The molecule has 29 heavy (non-hydrogen) atoms. The van der Waals surface area contributed by atoms with E-state index in [0.29, 0.717) is 24.1 Å². The van der Waals surface area contributed by atoms with Crippen molar-refractivity contribution in [1.29, 1.82) is 0 Å². The molecular formula is C23H29N5O. The van der Waals surface area contributed by atoms with Gasteiger partial charge >= 0.3 is 0 Å². The highest BCUT2D eigenvalue weighted by molar-refractivity contribution is 5.88. The molecule has 2 fully saturated rings. The molecule has 6 nitrogen and oxygen atoms in total. The molecule has 2 aliphatic carbocycles. The predicted octanol–water partition coefficient (Wildman–Crippen LogP) is 3.55. The van der Waals surface area contributed by atoms with E-state index in [-0.39, 0.29) is 12.0 Å². The van der Waals surface area contributed by atoms with Crippen LogP contribution in [0.3, 0.4) is 0 Å². The molecule has 6 heteroatoms. The molecule has 5 rings (SSSR count). The van der Waals surface area contributed by atoms with Crippen molar-refractivity contribution < 1.29 is 4.79 Å². The molecular weight excluding hydrogens is 362 g/mol. The van der Waals surface area contributed by atoms with Gasteiger partial charge in [0.1, 0.15) is 5.78 Å². The predicted molar refractivity (Wildman–Crippen MR) is 115 cm³/mol. The Morgan fingerprint density at radius 2 is 1.86 bits per heavy atom. The summed E-state index contributed by atoms with van der Waals surface area (Å²) in [5.74, 6) is 1.36. The Kier molecular flexibility index (Phi) is 4.96. The Bertz CT molecular complexity index is 891. The normalized spacial score (nSPS) is 24.7. The number of carbonyl (C=O) groups excluding carboxylic acids is 1. The Balaban J connectivity index is 1.35. The van der Waals surface area contributed by atoms with Crippen LogP contribution in [0.25, 0.3) is 0 Å². The quantitative estimate of drug-likeness (QED) is 0.829. The van der Waals surface area contributed by atoms with Crippen LogP contribution in [0.4, 0.5) is 17.3 Å². The van der Waals surface area contributed by atoms with E-state index in [2.05, 4.69) is 39.5 Å². The van der Waals surface area contributed by atoms with Gasteiger partial charge in [-0.05, 0) is 61.4 Å². The molecule has 2 atom stereocenters. The molecule has 1 saturated heterocycles. The van der Waals surface area contributed by atoms with Crippen molar-refractivity contribution in [3.8, 4) is 0 Å². The van der Waals surface area contributed by atoms with E-state index >= 15 is 0 Å². The molecule has 0 spiro atoms. The Morgan fingerprint density at radius 1 is 1.07 bits per heavy atom. The maximum absolute atomic E-state index is 12.7. The molecule has 3 aliphatic rings. The summed E-state index contributed by atoms with van der Waals surface area (Å²) in [6.45, 7) is 1.93. The van der Waals surface area contributed by atoms with Gasteiger partial charge in [0.2, 0.25) is 5.95 Å². The Labute approximate surface area is 171 Å². The summed E-state index contributed by atoms with van der Waals surface area (Å²) >= 11 is 0. The zero-order valence-electron chi connectivity index (χ0n) is 16.8. The zero-order chi connectivity index (χ0) is 19.8. The number of fused-ring (bicyclic) bond motifs is 1. The lowest BCUT2D eigenvalue weighted by atomic mass is 9.77. The largest absolute Gasteiger partial charge is 0.370 e. The minimum absolute atomic E-state index is 0.0356. The van der Waals surface area contributed by atoms with Crippen molar-refractivity contribution in [2.24, 2.45) is 11.7 Å². The number of aromatic nitrogens is 2. The molecule has 1 aromatic heterocycles. The third-order valence-electron chi connectivity index (χ3n) is 6.76. The second-order valence-electron chi connectivity index (χ2n) is 8.76. The minimum Gasteiger partial charge on any atom is -0.370 e. The summed E-state index contributed by atoms with van der Waals surface area (Å²) in [7, 11) is 0. The first kappa shape index (κ1) is 18.6. The SMILES string of the molecule is NC1CCN(c2ccc(Nc3ncc4c(n3)C(C3CCCC3)C(=O)CC4)cc2)C1. The van der Waals surface area contributed by atoms with E-state index in [9.17, 15) is 4.79 Å². The first-order valence-corrected chi connectivity index (χ1v) is 10.9. The third-order valence-corrected chi connectivity index (χ3v) is 6.76. The van der Waals surface area contributed by atoms with E-state index in [0.717, 1.165) is 55.7 Å². The number of hydrogen-bond acceptors (Lipinski definition) is 6. The Morgan fingerprint density at radius 3 is 2.59 bits per heavy atom. The van der Waals surface area contributed by atoms with Crippen LogP contribution in [0, 0.1) is 5.92 Å². The van der Waals surface area contributed by atoms with Gasteiger partial charge in [-0.2, -0.15) is 0 Å². The second kappa shape index (κ2) is 7.75. The third kappa shape index (κ3) is 3.73. The number of anilines is 3. The topological polar surface area (TPSA) is 84.1 Å². The smallest absolute Gasteiger partial charge is 0.227 e. The van der Waals surface area contributed by atoms with Crippen LogP contribution in [0.1, 0.15) is 55.7 Å². The molecule has 0 radical (unpaired) electrons. The van der Waals surface area contributed by atoms with Crippen LogP contribution in [-0.4, -0.2) is 34.9 Å². The van der Waals surface area contributed by atoms with Gasteiger partial charge in [0.25, 0.3) is 0 Å². The molecule has 2 aromatic rings. The van der Waals surface area contributed by atoms with Crippen molar-refractivity contribution in [3.05, 3.63) is 41.7 Å². The van der Waals surface area contributed by atoms with Gasteiger partial charge in [0, 0.05) is 43.1 Å².